The van der Waals surface area contributed by atoms with Gasteiger partial charge in [0.1, 0.15) is 5.82 Å². The van der Waals surface area contributed by atoms with E-state index in [4.69, 9.17) is 9.72 Å². The van der Waals surface area contributed by atoms with Gasteiger partial charge < -0.3 is 26.9 Å². The summed E-state index contributed by atoms with van der Waals surface area (Å²) in [6.45, 7) is 18.6. The number of ether oxygens (including phenoxy) is 1. The number of hydrogen-bond donors (Lipinski definition) is 0. The molecule has 0 N–H and O–H groups in total. The number of nitrogens with zero attached hydrogens (tertiary/aromatic N) is 4. The van der Waals surface area contributed by atoms with Crippen LogP contribution in [0.3, 0.4) is 0 Å². The molecule has 0 aliphatic carbocycles. The Kier molecular flexibility index (Phi) is 12.5. The molecule has 1 aromatic heterocycles. The molecule has 0 saturated heterocycles. The molecule has 0 unspecified atom stereocenters. The molecule has 0 radical (unpaired) electrons. The molecule has 2 heterocycles. The summed E-state index contributed by atoms with van der Waals surface area (Å²) >= 11 is 0. The van der Waals surface area contributed by atoms with Crippen molar-refractivity contribution in [1.82, 2.24) is 4.98 Å². The summed E-state index contributed by atoms with van der Waals surface area (Å²) in [6.07, 6.45) is 4.14. The number of aromatic nitrogens is 1. The van der Waals surface area contributed by atoms with Crippen LogP contribution in [0, 0.1) is 38.8 Å². The van der Waals surface area contributed by atoms with Gasteiger partial charge in [0.05, 0.1) is 6.67 Å². The Bertz CT molecular complexity index is 2250. The number of hydrogen-bond acceptors (Lipinski definition) is 5. The van der Waals surface area contributed by atoms with E-state index in [1.165, 1.54) is 33.6 Å². The van der Waals surface area contributed by atoms with Crippen LogP contribution in [-0.2, 0) is 26.5 Å². The Morgan fingerprint density at radius 2 is 1.35 bits per heavy atom. The monoisotopic (exact) mass is 906 g/mol. The Morgan fingerprint density at radius 1 is 0.691 bits per heavy atom. The zero-order valence-corrected chi connectivity index (χ0v) is 35.7. The van der Waals surface area contributed by atoms with Crippen LogP contribution in [0.25, 0.3) is 11.1 Å². The summed E-state index contributed by atoms with van der Waals surface area (Å²) in [6, 6.07) is 49.0. The maximum absolute atomic E-state index is 6.51. The van der Waals surface area contributed by atoms with Gasteiger partial charge in [-0.05, 0) is 83.5 Å². The van der Waals surface area contributed by atoms with Crippen LogP contribution in [0.15, 0.2) is 139 Å². The number of aryl methyl sites for hydroxylation is 2. The smallest absolute Gasteiger partial charge is 0.136 e. The molecule has 0 spiro atoms. The van der Waals surface area contributed by atoms with Crippen LogP contribution in [-0.4, -0.2) is 11.7 Å². The van der Waals surface area contributed by atoms with Crippen molar-refractivity contribution in [2.45, 2.75) is 60.8 Å². The average Bonchev–Trinajstić information content (AvgIpc) is 3.60. The van der Waals surface area contributed by atoms with Crippen LogP contribution in [0.2, 0.25) is 0 Å². The van der Waals surface area contributed by atoms with Gasteiger partial charge in [-0.2, -0.15) is 12.1 Å². The molecule has 1 aliphatic rings. The van der Waals surface area contributed by atoms with E-state index in [1.807, 2.05) is 54.7 Å². The van der Waals surface area contributed by atoms with Crippen LogP contribution in [0.4, 0.5) is 28.6 Å². The second-order valence-corrected chi connectivity index (χ2v) is 15.8. The molecule has 0 bridgehead atoms. The Morgan fingerprint density at radius 3 is 2.04 bits per heavy atom. The van der Waals surface area contributed by atoms with E-state index in [0.29, 0.717) is 18.2 Å². The molecule has 7 rings (SSSR count). The van der Waals surface area contributed by atoms with Crippen LogP contribution >= 0.6 is 0 Å². The predicted molar refractivity (Wildman–Crippen MR) is 227 cm³/mol. The maximum Gasteiger partial charge on any atom is 0.136 e. The molecular formula is C49H51N4OPt-3. The predicted octanol–water partition coefficient (Wildman–Crippen LogP) is 13.1. The molecule has 5 nitrogen and oxygen atoms in total. The fraction of sp³-hybridized carbons (Fsp3) is 0.224. The number of pyridine rings is 1. The normalized spacial score (nSPS) is 12.8. The Labute approximate surface area is 343 Å². The fourth-order valence-electron chi connectivity index (χ4n) is 6.94. The standard InChI is InChI=1S/C48H48N4O.CH3.Pt/c1-34-16-12-17-35(2)46(34)36-26-27-49-45(28-36)52(38-19-10-9-11-20-38)41-23-15-25-43(31-41)53-42-24-14-21-39(30-42)50-32-44(48(6,7)8)51(33-50)40-22-13-18-37(29-40)47(3,4)5;;/h9-29,32H,33H2,1-8H3;1H3;/q-2;-1;. The quantitative estimate of drug-likeness (QED) is 0.142. The Hall–Kier alpha value is -5.12. The number of rotatable bonds is 8. The van der Waals surface area contributed by atoms with Gasteiger partial charge >= 0.3 is 0 Å². The fourth-order valence-corrected chi connectivity index (χ4v) is 6.94. The van der Waals surface area contributed by atoms with E-state index in [0.717, 1.165) is 28.4 Å². The van der Waals surface area contributed by atoms with Crippen molar-refractivity contribution in [3.8, 4) is 22.6 Å². The summed E-state index contributed by atoms with van der Waals surface area (Å²) in [5, 5.41) is 0. The number of allylic oxidation sites excluding steroid dienone is 1. The summed E-state index contributed by atoms with van der Waals surface area (Å²) in [5.74, 6) is 2.01. The molecular weight excluding hydrogens is 856 g/mol. The van der Waals surface area contributed by atoms with Gasteiger partial charge in [0, 0.05) is 67.4 Å². The molecule has 5 aromatic carbocycles. The van der Waals surface area contributed by atoms with Crippen LogP contribution in [0.1, 0.15) is 58.2 Å². The third-order valence-electron chi connectivity index (χ3n) is 9.69. The third-order valence-corrected chi connectivity index (χ3v) is 9.69. The first-order chi connectivity index (χ1) is 25.3. The molecule has 0 fully saturated rings. The number of benzene rings is 5. The minimum absolute atomic E-state index is 0. The first-order valence-electron chi connectivity index (χ1n) is 18.3. The summed E-state index contributed by atoms with van der Waals surface area (Å²) in [5.41, 5.74) is 11.3. The van der Waals surface area contributed by atoms with Gasteiger partial charge in [-0.3, -0.25) is 0 Å². The molecule has 0 saturated carbocycles. The molecule has 286 valence electrons. The van der Waals surface area contributed by atoms with E-state index in [9.17, 15) is 0 Å². The molecule has 0 amide bonds. The zero-order chi connectivity index (χ0) is 37.3. The maximum atomic E-state index is 6.51. The van der Waals surface area contributed by atoms with Crippen molar-refractivity contribution in [1.29, 1.82) is 0 Å². The second-order valence-electron chi connectivity index (χ2n) is 15.8. The van der Waals surface area contributed by atoms with E-state index in [1.54, 1.807) is 0 Å². The second kappa shape index (κ2) is 16.7. The van der Waals surface area contributed by atoms with Gasteiger partial charge in [-0.25, -0.2) is 4.98 Å². The van der Waals surface area contributed by atoms with Gasteiger partial charge in [-0.15, -0.1) is 36.4 Å². The minimum Gasteiger partial charge on any atom is -0.509 e. The average molecular weight is 907 g/mol. The first-order valence-corrected chi connectivity index (χ1v) is 18.3. The van der Waals surface area contributed by atoms with Crippen molar-refractivity contribution >= 4 is 28.6 Å². The molecule has 1 aliphatic heterocycles. The SMILES string of the molecule is Cc1cccc(C)c1-c1ccnc(N(c2[c-]c(Oc3[c-]c(N4C=C(C(C)(C)C)N(c5cccc(C(C)(C)C)c5)C4)ccc3)ccc2)c2ccccc2)c1.[CH3-].[Pt]. The zero-order valence-electron chi connectivity index (χ0n) is 33.4. The van der Waals surface area contributed by atoms with Crippen molar-refractivity contribution in [2.75, 3.05) is 21.4 Å². The molecule has 0 atom stereocenters. The summed E-state index contributed by atoms with van der Waals surface area (Å²) < 4.78 is 6.51. The van der Waals surface area contributed by atoms with Crippen molar-refractivity contribution in [3.05, 3.63) is 176 Å². The van der Waals surface area contributed by atoms with E-state index < -0.39 is 0 Å². The van der Waals surface area contributed by atoms with E-state index in [2.05, 4.69) is 161 Å². The van der Waals surface area contributed by atoms with Gasteiger partial charge in [0.2, 0.25) is 0 Å². The van der Waals surface area contributed by atoms with Crippen LogP contribution in [0.5, 0.6) is 11.5 Å². The number of para-hydroxylation sites is 1. The van der Waals surface area contributed by atoms with Crippen molar-refractivity contribution < 1.29 is 25.8 Å². The van der Waals surface area contributed by atoms with Gasteiger partial charge in [0.25, 0.3) is 0 Å². The summed E-state index contributed by atoms with van der Waals surface area (Å²) in [7, 11) is 0. The van der Waals surface area contributed by atoms with Gasteiger partial charge in [-0.1, -0.05) is 101 Å². The number of anilines is 5. The van der Waals surface area contributed by atoms with E-state index in [-0.39, 0.29) is 39.3 Å². The minimum atomic E-state index is -0.0618. The van der Waals surface area contributed by atoms with Crippen molar-refractivity contribution in [3.63, 3.8) is 0 Å². The largest absolute Gasteiger partial charge is 0.509 e. The van der Waals surface area contributed by atoms with Crippen molar-refractivity contribution in [2.24, 2.45) is 5.41 Å². The third kappa shape index (κ3) is 9.06. The topological polar surface area (TPSA) is 31.8 Å². The molecule has 6 aromatic rings. The first kappa shape index (κ1) is 41.1. The molecule has 6 heteroatoms. The van der Waals surface area contributed by atoms with E-state index >= 15 is 0 Å². The van der Waals surface area contributed by atoms with Gasteiger partial charge in [0.15, 0.2) is 0 Å². The Balaban J connectivity index is 0.00000290. The molecule has 55 heavy (non-hydrogen) atoms. The van der Waals surface area contributed by atoms with Crippen LogP contribution < -0.4 is 19.4 Å². The summed E-state index contributed by atoms with van der Waals surface area (Å²) in [4.78, 5) is 11.6.